The maximum Gasteiger partial charge on any atom is 0.347 e. The highest BCUT2D eigenvalue weighted by atomic mass is 16.6. The Labute approximate surface area is 121 Å². The quantitative estimate of drug-likeness (QED) is 0.779. The van der Waals surface area contributed by atoms with E-state index in [2.05, 4.69) is 18.3 Å². The molecule has 1 N–H and O–H groups in total. The number of hydrogen-bond donors (Lipinski definition) is 1. The highest BCUT2D eigenvalue weighted by Gasteiger charge is 2.20. The normalized spacial score (nSPS) is 13.7. The lowest BCUT2D eigenvalue weighted by atomic mass is 10.1. The molecule has 4 nitrogen and oxygen atoms in total. The Morgan fingerprint density at radius 3 is 2.55 bits per heavy atom. The van der Waals surface area contributed by atoms with Gasteiger partial charge in [0.05, 0.1) is 6.61 Å². The van der Waals surface area contributed by atoms with Gasteiger partial charge in [-0.3, -0.25) is 0 Å². The first-order valence-corrected chi connectivity index (χ1v) is 7.14. The molecule has 2 unspecified atom stereocenters. The summed E-state index contributed by atoms with van der Waals surface area (Å²) in [6.45, 7) is 8.16. The van der Waals surface area contributed by atoms with Gasteiger partial charge in [0, 0.05) is 6.04 Å². The minimum atomic E-state index is -0.541. The van der Waals surface area contributed by atoms with E-state index in [1.54, 1.807) is 6.92 Å². The monoisotopic (exact) mass is 279 g/mol. The molecule has 0 bridgehead atoms. The fourth-order valence-electron chi connectivity index (χ4n) is 1.93. The summed E-state index contributed by atoms with van der Waals surface area (Å²) in [7, 11) is 1.93. The van der Waals surface area contributed by atoms with Crippen molar-refractivity contribution < 1.29 is 14.3 Å². The predicted molar refractivity (Wildman–Crippen MR) is 80.0 cm³/mol. The van der Waals surface area contributed by atoms with Gasteiger partial charge in [-0.05, 0) is 51.4 Å². The maximum absolute atomic E-state index is 11.8. The third-order valence-corrected chi connectivity index (χ3v) is 3.32. The molecule has 112 valence electrons. The molecule has 0 heterocycles. The lowest BCUT2D eigenvalue weighted by molar-refractivity contribution is -0.151. The van der Waals surface area contributed by atoms with E-state index < -0.39 is 6.10 Å². The van der Waals surface area contributed by atoms with Crippen molar-refractivity contribution in [1.29, 1.82) is 0 Å². The summed E-state index contributed by atoms with van der Waals surface area (Å²) in [5.74, 6) is 0.430. The van der Waals surface area contributed by atoms with Crippen molar-refractivity contribution in [2.45, 2.75) is 46.3 Å². The van der Waals surface area contributed by atoms with Crippen LogP contribution in [0.4, 0.5) is 0 Å². The van der Waals surface area contributed by atoms with E-state index in [4.69, 9.17) is 9.47 Å². The van der Waals surface area contributed by atoms with Gasteiger partial charge in [0.15, 0.2) is 6.10 Å². The number of carbonyl (C=O) groups is 1. The molecule has 4 heteroatoms. The van der Waals surface area contributed by atoms with E-state index in [9.17, 15) is 4.79 Å². The van der Waals surface area contributed by atoms with E-state index in [0.29, 0.717) is 13.0 Å². The third kappa shape index (κ3) is 4.23. The van der Waals surface area contributed by atoms with Crippen LogP contribution in [-0.4, -0.2) is 25.7 Å². The molecule has 0 radical (unpaired) electrons. The van der Waals surface area contributed by atoms with Gasteiger partial charge in [-0.2, -0.15) is 0 Å². The van der Waals surface area contributed by atoms with Crippen LogP contribution in [0, 0.1) is 6.92 Å². The summed E-state index contributed by atoms with van der Waals surface area (Å²) >= 11 is 0. The SMILES string of the molecule is CCOC(=O)C(CC)Oc1ccc(C(C)NC)cc1C. The molecule has 0 saturated carbocycles. The zero-order valence-corrected chi connectivity index (χ0v) is 13.0. The fraction of sp³-hybridized carbons (Fsp3) is 0.562. The minimum Gasteiger partial charge on any atom is -0.478 e. The molecule has 0 spiro atoms. The second kappa shape index (κ2) is 7.90. The van der Waals surface area contributed by atoms with Gasteiger partial charge in [-0.15, -0.1) is 0 Å². The summed E-state index contributed by atoms with van der Waals surface area (Å²) in [6.07, 6.45) is 0.0497. The lowest BCUT2D eigenvalue weighted by Gasteiger charge is -2.19. The predicted octanol–water partition coefficient (Wildman–Crippen LogP) is 3.00. The molecule has 0 aromatic heterocycles. The standard InChI is InChI=1S/C16H25NO3/c1-6-14(16(18)19-7-2)20-15-9-8-13(10-11(15)3)12(4)17-5/h8-10,12,14,17H,6-7H2,1-5H3. The number of carbonyl (C=O) groups excluding carboxylic acids is 1. The first-order chi connectivity index (χ1) is 9.53. The van der Waals surface area contributed by atoms with Crippen LogP contribution in [-0.2, 0) is 9.53 Å². The highest BCUT2D eigenvalue weighted by molar-refractivity contribution is 5.75. The molecule has 0 fully saturated rings. The van der Waals surface area contributed by atoms with Gasteiger partial charge in [0.1, 0.15) is 5.75 Å². The van der Waals surface area contributed by atoms with Crippen molar-refractivity contribution in [1.82, 2.24) is 5.32 Å². The van der Waals surface area contributed by atoms with Gasteiger partial charge >= 0.3 is 5.97 Å². The number of benzene rings is 1. The van der Waals surface area contributed by atoms with Crippen molar-refractivity contribution >= 4 is 5.97 Å². The maximum atomic E-state index is 11.8. The van der Waals surface area contributed by atoms with Gasteiger partial charge in [-0.25, -0.2) is 4.79 Å². The zero-order valence-electron chi connectivity index (χ0n) is 13.0. The lowest BCUT2D eigenvalue weighted by Crippen LogP contribution is -2.29. The number of ether oxygens (including phenoxy) is 2. The van der Waals surface area contributed by atoms with Crippen molar-refractivity contribution in [3.8, 4) is 5.75 Å². The molecule has 0 amide bonds. The molecule has 2 atom stereocenters. The summed E-state index contributed by atoms with van der Waals surface area (Å²) in [5.41, 5.74) is 2.22. The number of aryl methyl sites for hydroxylation is 1. The van der Waals surface area contributed by atoms with E-state index in [1.165, 1.54) is 5.56 Å². The Kier molecular flexibility index (Phi) is 6.52. The first-order valence-electron chi connectivity index (χ1n) is 7.14. The minimum absolute atomic E-state index is 0.287. The van der Waals surface area contributed by atoms with Gasteiger partial charge in [0.2, 0.25) is 0 Å². The number of esters is 1. The molecule has 1 rings (SSSR count). The Morgan fingerprint density at radius 1 is 1.35 bits per heavy atom. The second-order valence-electron chi connectivity index (χ2n) is 4.80. The van der Waals surface area contributed by atoms with Crippen LogP contribution in [0.2, 0.25) is 0 Å². The largest absolute Gasteiger partial charge is 0.478 e. The van der Waals surface area contributed by atoms with Crippen LogP contribution in [0.15, 0.2) is 18.2 Å². The summed E-state index contributed by atoms with van der Waals surface area (Å²) < 4.78 is 10.8. The van der Waals surface area contributed by atoms with E-state index in [-0.39, 0.29) is 12.0 Å². The summed E-state index contributed by atoms with van der Waals surface area (Å²) in [6, 6.07) is 6.30. The average Bonchev–Trinajstić information content (AvgIpc) is 2.45. The smallest absolute Gasteiger partial charge is 0.347 e. The molecule has 20 heavy (non-hydrogen) atoms. The van der Waals surface area contributed by atoms with Crippen molar-refractivity contribution in [2.75, 3.05) is 13.7 Å². The molecular formula is C16H25NO3. The number of hydrogen-bond acceptors (Lipinski definition) is 4. The van der Waals surface area contributed by atoms with Gasteiger partial charge in [0.25, 0.3) is 0 Å². The summed E-state index contributed by atoms with van der Waals surface area (Å²) in [4.78, 5) is 11.8. The first kappa shape index (κ1) is 16.5. The van der Waals surface area contributed by atoms with E-state index in [0.717, 1.165) is 11.3 Å². The molecule has 1 aromatic rings. The van der Waals surface area contributed by atoms with Crippen molar-refractivity contribution in [3.05, 3.63) is 29.3 Å². The molecule has 0 aliphatic rings. The van der Waals surface area contributed by atoms with Gasteiger partial charge in [-0.1, -0.05) is 19.1 Å². The molecule has 0 aliphatic heterocycles. The van der Waals surface area contributed by atoms with Crippen LogP contribution in [0.5, 0.6) is 5.75 Å². The average molecular weight is 279 g/mol. The van der Waals surface area contributed by atoms with Crippen LogP contribution in [0.1, 0.15) is 44.4 Å². The second-order valence-corrected chi connectivity index (χ2v) is 4.80. The zero-order chi connectivity index (χ0) is 15.1. The molecular weight excluding hydrogens is 254 g/mol. The van der Waals surface area contributed by atoms with E-state index in [1.807, 2.05) is 33.0 Å². The Balaban J connectivity index is 2.84. The molecule has 0 aliphatic carbocycles. The van der Waals surface area contributed by atoms with Crippen molar-refractivity contribution in [3.63, 3.8) is 0 Å². The van der Waals surface area contributed by atoms with Gasteiger partial charge < -0.3 is 14.8 Å². The van der Waals surface area contributed by atoms with Crippen LogP contribution in [0.3, 0.4) is 0 Å². The fourth-order valence-corrected chi connectivity index (χ4v) is 1.93. The van der Waals surface area contributed by atoms with Crippen LogP contribution >= 0.6 is 0 Å². The third-order valence-electron chi connectivity index (χ3n) is 3.32. The Bertz CT molecular complexity index is 445. The highest BCUT2D eigenvalue weighted by Crippen LogP contribution is 2.24. The van der Waals surface area contributed by atoms with Crippen LogP contribution < -0.4 is 10.1 Å². The number of rotatable bonds is 7. The summed E-state index contributed by atoms with van der Waals surface area (Å²) in [5, 5.41) is 3.20. The molecule has 1 aromatic carbocycles. The van der Waals surface area contributed by atoms with Crippen molar-refractivity contribution in [2.24, 2.45) is 0 Å². The van der Waals surface area contributed by atoms with Crippen LogP contribution in [0.25, 0.3) is 0 Å². The Hall–Kier alpha value is -1.55. The number of nitrogens with one attached hydrogen (secondary N) is 1. The Morgan fingerprint density at radius 2 is 2.05 bits per heavy atom. The molecule has 0 saturated heterocycles. The topological polar surface area (TPSA) is 47.6 Å². The van der Waals surface area contributed by atoms with E-state index >= 15 is 0 Å².